The topological polar surface area (TPSA) is 91.4 Å². The lowest BCUT2D eigenvalue weighted by atomic mass is 10.1. The Kier molecular flexibility index (Phi) is 6.03. The van der Waals surface area contributed by atoms with Crippen LogP contribution in [0.5, 0.6) is 0 Å². The summed E-state index contributed by atoms with van der Waals surface area (Å²) < 4.78 is 62.5. The molecule has 1 saturated heterocycles. The fraction of sp³-hybridized carbons (Fsp3) is 0.412. The van der Waals surface area contributed by atoms with Crippen LogP contribution < -0.4 is 15.5 Å². The van der Waals surface area contributed by atoms with E-state index in [-0.39, 0.29) is 42.4 Å². The van der Waals surface area contributed by atoms with Gasteiger partial charge in [-0.2, -0.15) is 13.2 Å². The first kappa shape index (κ1) is 21.4. The number of aromatic nitrogens is 1. The van der Waals surface area contributed by atoms with Crippen molar-refractivity contribution >= 4 is 37.2 Å². The number of carbonyl (C=O) groups is 1. The molecule has 2 N–H and O–H groups in total. The number of rotatable bonds is 5. The van der Waals surface area contributed by atoms with Crippen molar-refractivity contribution in [2.45, 2.75) is 12.7 Å². The Morgan fingerprint density at radius 1 is 1.24 bits per heavy atom. The number of benzene rings is 1. The molecule has 0 unspecified atom stereocenters. The number of sulfone groups is 1. The zero-order valence-electron chi connectivity index (χ0n) is 15.4. The SMILES string of the molecule is CNc1sc(N2CCS(=O)(=O)CC2)nc1C(=O)NCc1ccccc1C(F)(F)F. The van der Waals surface area contributed by atoms with Crippen LogP contribution >= 0.6 is 11.3 Å². The van der Waals surface area contributed by atoms with Crippen LogP contribution in [0.3, 0.4) is 0 Å². The minimum atomic E-state index is -4.51. The predicted octanol–water partition coefficient (Wildman–Crippen LogP) is 2.37. The fourth-order valence-corrected chi connectivity index (χ4v) is 5.05. The van der Waals surface area contributed by atoms with Crippen molar-refractivity contribution in [3.05, 3.63) is 41.1 Å². The maximum atomic E-state index is 13.1. The van der Waals surface area contributed by atoms with Gasteiger partial charge in [-0.1, -0.05) is 29.5 Å². The van der Waals surface area contributed by atoms with Gasteiger partial charge >= 0.3 is 6.18 Å². The van der Waals surface area contributed by atoms with Crippen molar-refractivity contribution < 1.29 is 26.4 Å². The summed E-state index contributed by atoms with van der Waals surface area (Å²) >= 11 is 1.19. The molecule has 12 heteroatoms. The first-order chi connectivity index (χ1) is 13.6. The van der Waals surface area contributed by atoms with E-state index >= 15 is 0 Å². The molecular weight excluding hydrogens is 429 g/mol. The van der Waals surface area contributed by atoms with Crippen LogP contribution in [0.25, 0.3) is 0 Å². The van der Waals surface area contributed by atoms with Crippen LogP contribution in [-0.2, 0) is 22.6 Å². The highest BCUT2D eigenvalue weighted by Gasteiger charge is 2.33. The highest BCUT2D eigenvalue weighted by molar-refractivity contribution is 7.91. The number of hydrogen-bond donors (Lipinski definition) is 2. The average molecular weight is 448 g/mol. The maximum absolute atomic E-state index is 13.1. The molecule has 29 heavy (non-hydrogen) atoms. The monoisotopic (exact) mass is 448 g/mol. The molecule has 0 atom stereocenters. The van der Waals surface area contributed by atoms with E-state index in [9.17, 15) is 26.4 Å². The smallest absolute Gasteiger partial charge is 0.378 e. The Labute approximate surface area is 169 Å². The van der Waals surface area contributed by atoms with Gasteiger partial charge in [0.05, 0.1) is 17.1 Å². The third kappa shape index (κ3) is 4.99. The molecule has 0 aliphatic carbocycles. The van der Waals surface area contributed by atoms with E-state index in [2.05, 4.69) is 15.6 Å². The lowest BCUT2D eigenvalue weighted by Crippen LogP contribution is -2.40. The quantitative estimate of drug-likeness (QED) is 0.730. The normalized spacial score (nSPS) is 16.5. The molecule has 1 aliphatic rings. The van der Waals surface area contributed by atoms with Crippen molar-refractivity contribution in [2.24, 2.45) is 0 Å². The number of amides is 1. The molecular formula is C17H19F3N4O3S2. The number of thiazole rings is 1. The van der Waals surface area contributed by atoms with Gasteiger partial charge in [0, 0.05) is 26.7 Å². The van der Waals surface area contributed by atoms with Crippen molar-refractivity contribution in [1.29, 1.82) is 0 Å². The second-order valence-corrected chi connectivity index (χ2v) is 9.68. The van der Waals surface area contributed by atoms with E-state index in [4.69, 9.17) is 0 Å². The van der Waals surface area contributed by atoms with Gasteiger partial charge in [-0.15, -0.1) is 0 Å². The lowest BCUT2D eigenvalue weighted by Gasteiger charge is -2.25. The molecule has 1 aromatic carbocycles. The first-order valence-electron chi connectivity index (χ1n) is 8.68. The van der Waals surface area contributed by atoms with Gasteiger partial charge in [0.2, 0.25) is 0 Å². The fourth-order valence-electron chi connectivity index (χ4n) is 2.88. The van der Waals surface area contributed by atoms with Crippen molar-refractivity contribution in [2.75, 3.05) is 41.9 Å². The number of nitrogens with one attached hydrogen (secondary N) is 2. The van der Waals surface area contributed by atoms with Gasteiger partial charge in [-0.05, 0) is 11.6 Å². The van der Waals surface area contributed by atoms with Crippen molar-refractivity contribution in [3.8, 4) is 0 Å². The second-order valence-electron chi connectivity index (χ2n) is 6.40. The molecule has 0 spiro atoms. The van der Waals surface area contributed by atoms with Crippen LogP contribution in [0.2, 0.25) is 0 Å². The molecule has 3 rings (SSSR count). The minimum Gasteiger partial charge on any atom is -0.378 e. The van der Waals surface area contributed by atoms with Crippen LogP contribution in [0.1, 0.15) is 21.6 Å². The number of nitrogens with zero attached hydrogens (tertiary/aromatic N) is 2. The van der Waals surface area contributed by atoms with Crippen LogP contribution in [0.4, 0.5) is 23.3 Å². The van der Waals surface area contributed by atoms with Crippen molar-refractivity contribution in [3.63, 3.8) is 0 Å². The highest BCUT2D eigenvalue weighted by Crippen LogP contribution is 2.33. The first-order valence-corrected chi connectivity index (χ1v) is 11.3. The number of hydrogen-bond acceptors (Lipinski definition) is 7. The highest BCUT2D eigenvalue weighted by atomic mass is 32.2. The number of carbonyl (C=O) groups excluding carboxylic acids is 1. The Hall–Kier alpha value is -2.34. The van der Waals surface area contributed by atoms with Gasteiger partial charge in [0.1, 0.15) is 5.00 Å². The zero-order valence-corrected chi connectivity index (χ0v) is 17.0. The van der Waals surface area contributed by atoms with E-state index in [0.29, 0.717) is 10.1 Å². The van der Waals surface area contributed by atoms with Gasteiger partial charge < -0.3 is 15.5 Å². The second kappa shape index (κ2) is 8.19. The average Bonchev–Trinajstić information content (AvgIpc) is 3.10. The summed E-state index contributed by atoms with van der Waals surface area (Å²) in [5, 5.41) is 6.28. The Morgan fingerprint density at radius 2 is 1.90 bits per heavy atom. The van der Waals surface area contributed by atoms with Crippen LogP contribution in [0.15, 0.2) is 24.3 Å². The van der Waals surface area contributed by atoms with Crippen LogP contribution in [0, 0.1) is 0 Å². The number of alkyl halides is 3. The van der Waals surface area contributed by atoms with Crippen molar-refractivity contribution in [1.82, 2.24) is 10.3 Å². The molecule has 0 bridgehead atoms. The van der Waals surface area contributed by atoms with Gasteiger partial charge in [-0.25, -0.2) is 13.4 Å². The summed E-state index contributed by atoms with van der Waals surface area (Å²) in [4.78, 5) is 18.6. The summed E-state index contributed by atoms with van der Waals surface area (Å²) in [6, 6.07) is 5.04. The summed E-state index contributed by atoms with van der Waals surface area (Å²) in [5.41, 5.74) is -0.788. The number of halogens is 3. The van der Waals surface area contributed by atoms with Gasteiger partial charge in [0.25, 0.3) is 5.91 Å². The zero-order chi connectivity index (χ0) is 21.2. The molecule has 7 nitrogen and oxygen atoms in total. The maximum Gasteiger partial charge on any atom is 0.416 e. The molecule has 1 fully saturated rings. The molecule has 1 aliphatic heterocycles. The van der Waals surface area contributed by atoms with E-state index in [1.54, 1.807) is 11.9 Å². The van der Waals surface area contributed by atoms with Crippen LogP contribution in [-0.4, -0.2) is 51.0 Å². The molecule has 2 aromatic rings. The molecule has 2 heterocycles. The van der Waals surface area contributed by atoms with E-state index < -0.39 is 27.5 Å². The lowest BCUT2D eigenvalue weighted by molar-refractivity contribution is -0.138. The summed E-state index contributed by atoms with van der Waals surface area (Å²) in [5.74, 6) is -0.590. The summed E-state index contributed by atoms with van der Waals surface area (Å²) in [6.07, 6.45) is -4.51. The van der Waals surface area contributed by atoms with E-state index in [1.807, 2.05) is 0 Å². The Balaban J connectivity index is 1.74. The third-order valence-corrected chi connectivity index (χ3v) is 7.18. The van der Waals surface area contributed by atoms with E-state index in [0.717, 1.165) is 6.07 Å². The molecule has 158 valence electrons. The molecule has 1 aromatic heterocycles. The van der Waals surface area contributed by atoms with Gasteiger partial charge in [-0.3, -0.25) is 4.79 Å². The number of anilines is 2. The molecule has 0 saturated carbocycles. The minimum absolute atomic E-state index is 0.0111. The molecule has 1 amide bonds. The third-order valence-electron chi connectivity index (χ3n) is 4.44. The standard InChI is InChI=1S/C17H19F3N4O3S2/c1-21-15-13(23-16(28-15)24-6-8-29(26,27)9-7-24)14(25)22-10-11-4-2-3-5-12(11)17(18,19)20/h2-5,21H,6-10H2,1H3,(H,22,25). The predicted molar refractivity (Wildman–Crippen MR) is 105 cm³/mol. The molecule has 0 radical (unpaired) electrons. The Bertz CT molecular complexity index is 992. The van der Waals surface area contributed by atoms with E-state index in [1.165, 1.54) is 29.5 Å². The summed E-state index contributed by atoms with van der Waals surface area (Å²) in [6.45, 7) is 0.254. The summed E-state index contributed by atoms with van der Waals surface area (Å²) in [7, 11) is -1.45. The van der Waals surface area contributed by atoms with Gasteiger partial charge in [0.15, 0.2) is 20.7 Å². The Morgan fingerprint density at radius 3 is 2.52 bits per heavy atom. The largest absolute Gasteiger partial charge is 0.416 e.